The molecule has 1 aromatic carbocycles. The second-order valence-corrected chi connectivity index (χ2v) is 4.70. The summed E-state index contributed by atoms with van der Waals surface area (Å²) in [5.41, 5.74) is 4.50. The van der Waals surface area contributed by atoms with Gasteiger partial charge in [0, 0.05) is 11.2 Å². The van der Waals surface area contributed by atoms with Crippen LogP contribution in [0.3, 0.4) is 0 Å². The Kier molecular flexibility index (Phi) is 2.26. The van der Waals surface area contributed by atoms with Gasteiger partial charge in [-0.15, -0.1) is 0 Å². The number of hydrogen-bond donors (Lipinski definition) is 1. The Morgan fingerprint density at radius 2 is 2.21 bits per heavy atom. The summed E-state index contributed by atoms with van der Waals surface area (Å²) < 4.78 is 0. The minimum Gasteiger partial charge on any atom is -0.380 e. The Labute approximate surface area is 86.5 Å². The van der Waals surface area contributed by atoms with E-state index in [1.165, 1.54) is 36.1 Å². The van der Waals surface area contributed by atoms with Crippen molar-refractivity contribution >= 4 is 5.69 Å². The average Bonchev–Trinajstić information content (AvgIpc) is 2.19. The summed E-state index contributed by atoms with van der Waals surface area (Å²) in [5.74, 6) is 0. The van der Waals surface area contributed by atoms with Crippen molar-refractivity contribution in [1.29, 1.82) is 0 Å². The standard InChI is InChI=1S/C13H19N/c1-4-13(3)8-7-11-9-10(2)5-6-12(11)14-13/h5-6,9,14H,4,7-8H2,1-3H3. The molecule has 0 bridgehead atoms. The van der Waals surface area contributed by atoms with Crippen LogP contribution in [0.15, 0.2) is 18.2 Å². The third-order valence-corrected chi connectivity index (χ3v) is 3.42. The van der Waals surface area contributed by atoms with Crippen molar-refractivity contribution < 1.29 is 0 Å². The van der Waals surface area contributed by atoms with E-state index in [9.17, 15) is 0 Å². The highest BCUT2D eigenvalue weighted by Crippen LogP contribution is 2.32. The number of hydrogen-bond acceptors (Lipinski definition) is 1. The van der Waals surface area contributed by atoms with Gasteiger partial charge in [0.2, 0.25) is 0 Å². The van der Waals surface area contributed by atoms with Gasteiger partial charge in [0.25, 0.3) is 0 Å². The Morgan fingerprint density at radius 3 is 2.93 bits per heavy atom. The maximum atomic E-state index is 3.65. The summed E-state index contributed by atoms with van der Waals surface area (Å²) in [5, 5.41) is 3.65. The maximum Gasteiger partial charge on any atom is 0.0377 e. The Bertz CT molecular complexity index is 343. The molecular formula is C13H19N. The topological polar surface area (TPSA) is 12.0 Å². The van der Waals surface area contributed by atoms with Gasteiger partial charge in [-0.3, -0.25) is 0 Å². The van der Waals surface area contributed by atoms with Gasteiger partial charge < -0.3 is 5.32 Å². The van der Waals surface area contributed by atoms with E-state index in [-0.39, 0.29) is 0 Å². The second-order valence-electron chi connectivity index (χ2n) is 4.70. The lowest BCUT2D eigenvalue weighted by molar-refractivity contribution is 0.444. The minimum absolute atomic E-state index is 0.308. The predicted octanol–water partition coefficient (Wildman–Crippen LogP) is 3.52. The fraction of sp³-hybridized carbons (Fsp3) is 0.538. The molecule has 1 aromatic rings. The van der Waals surface area contributed by atoms with Crippen LogP contribution in [0.25, 0.3) is 0 Å². The molecule has 1 heteroatoms. The number of anilines is 1. The van der Waals surface area contributed by atoms with E-state index < -0.39 is 0 Å². The first kappa shape index (κ1) is 9.57. The molecular weight excluding hydrogens is 170 g/mol. The molecule has 2 rings (SSSR count). The molecule has 0 amide bonds. The van der Waals surface area contributed by atoms with Gasteiger partial charge >= 0.3 is 0 Å². The molecule has 76 valence electrons. The lowest BCUT2D eigenvalue weighted by Crippen LogP contribution is -2.37. The molecule has 0 aliphatic carbocycles. The van der Waals surface area contributed by atoms with Crippen LogP contribution in [0.2, 0.25) is 0 Å². The highest BCUT2D eigenvalue weighted by molar-refractivity contribution is 5.56. The van der Waals surface area contributed by atoms with E-state index in [1.54, 1.807) is 0 Å². The van der Waals surface area contributed by atoms with Gasteiger partial charge in [0.05, 0.1) is 0 Å². The number of rotatable bonds is 1. The van der Waals surface area contributed by atoms with Crippen LogP contribution in [0.5, 0.6) is 0 Å². The number of aryl methyl sites for hydroxylation is 2. The van der Waals surface area contributed by atoms with Gasteiger partial charge in [-0.2, -0.15) is 0 Å². The van der Waals surface area contributed by atoms with Crippen LogP contribution >= 0.6 is 0 Å². The normalized spacial score (nSPS) is 25.4. The molecule has 0 aromatic heterocycles. The minimum atomic E-state index is 0.308. The highest BCUT2D eigenvalue weighted by atomic mass is 15.0. The fourth-order valence-corrected chi connectivity index (χ4v) is 2.11. The Balaban J connectivity index is 2.31. The summed E-state index contributed by atoms with van der Waals surface area (Å²) in [6.45, 7) is 6.73. The zero-order valence-electron chi connectivity index (χ0n) is 9.35. The monoisotopic (exact) mass is 189 g/mol. The molecule has 0 saturated heterocycles. The third-order valence-electron chi connectivity index (χ3n) is 3.42. The first-order valence-electron chi connectivity index (χ1n) is 5.51. The zero-order valence-corrected chi connectivity index (χ0v) is 9.35. The van der Waals surface area contributed by atoms with Crippen molar-refractivity contribution in [3.8, 4) is 0 Å². The molecule has 0 fully saturated rings. The van der Waals surface area contributed by atoms with Crippen molar-refractivity contribution in [3.63, 3.8) is 0 Å². The van der Waals surface area contributed by atoms with Gasteiger partial charge in [0.1, 0.15) is 0 Å². The largest absolute Gasteiger partial charge is 0.380 e. The molecule has 1 atom stereocenters. The van der Waals surface area contributed by atoms with Crippen molar-refractivity contribution in [2.75, 3.05) is 5.32 Å². The maximum absolute atomic E-state index is 3.65. The van der Waals surface area contributed by atoms with Crippen molar-refractivity contribution in [1.82, 2.24) is 0 Å². The van der Waals surface area contributed by atoms with Crippen molar-refractivity contribution in [2.45, 2.75) is 45.6 Å². The number of nitrogens with one attached hydrogen (secondary N) is 1. The molecule has 1 nitrogen and oxygen atoms in total. The van der Waals surface area contributed by atoms with Crippen LogP contribution in [0.4, 0.5) is 5.69 Å². The van der Waals surface area contributed by atoms with E-state index in [4.69, 9.17) is 0 Å². The van der Waals surface area contributed by atoms with Gasteiger partial charge in [0.15, 0.2) is 0 Å². The lowest BCUT2D eigenvalue weighted by atomic mass is 9.85. The molecule has 0 spiro atoms. The molecule has 1 unspecified atom stereocenters. The number of benzene rings is 1. The molecule has 0 saturated carbocycles. The fourth-order valence-electron chi connectivity index (χ4n) is 2.11. The van der Waals surface area contributed by atoms with Crippen LogP contribution < -0.4 is 5.32 Å². The third kappa shape index (κ3) is 1.63. The second kappa shape index (κ2) is 3.30. The van der Waals surface area contributed by atoms with Crippen molar-refractivity contribution in [2.24, 2.45) is 0 Å². The van der Waals surface area contributed by atoms with E-state index in [2.05, 4.69) is 44.3 Å². The van der Waals surface area contributed by atoms with Crippen molar-refractivity contribution in [3.05, 3.63) is 29.3 Å². The molecule has 1 N–H and O–H groups in total. The SMILES string of the molecule is CCC1(C)CCc2cc(C)ccc2N1. The Morgan fingerprint density at radius 1 is 1.43 bits per heavy atom. The number of fused-ring (bicyclic) bond motifs is 1. The molecule has 0 radical (unpaired) electrons. The lowest BCUT2D eigenvalue weighted by Gasteiger charge is -2.36. The van der Waals surface area contributed by atoms with Gasteiger partial charge in [-0.1, -0.05) is 24.6 Å². The summed E-state index contributed by atoms with van der Waals surface area (Å²) in [6, 6.07) is 6.71. The van der Waals surface area contributed by atoms with Crippen LogP contribution in [0.1, 0.15) is 37.8 Å². The van der Waals surface area contributed by atoms with E-state index >= 15 is 0 Å². The summed E-state index contributed by atoms with van der Waals surface area (Å²) in [6.07, 6.45) is 3.66. The zero-order chi connectivity index (χ0) is 10.2. The van der Waals surface area contributed by atoms with Crippen LogP contribution in [-0.4, -0.2) is 5.54 Å². The quantitative estimate of drug-likeness (QED) is 0.712. The molecule has 14 heavy (non-hydrogen) atoms. The van der Waals surface area contributed by atoms with Gasteiger partial charge in [-0.25, -0.2) is 0 Å². The molecule has 1 heterocycles. The smallest absolute Gasteiger partial charge is 0.0377 e. The highest BCUT2D eigenvalue weighted by Gasteiger charge is 2.26. The average molecular weight is 189 g/mol. The van der Waals surface area contributed by atoms with Gasteiger partial charge in [-0.05, 0) is 44.7 Å². The van der Waals surface area contributed by atoms with E-state index in [1.807, 2.05) is 0 Å². The predicted molar refractivity (Wildman–Crippen MR) is 61.8 cm³/mol. The summed E-state index contributed by atoms with van der Waals surface area (Å²) in [4.78, 5) is 0. The van der Waals surface area contributed by atoms with E-state index in [0.29, 0.717) is 5.54 Å². The first-order valence-corrected chi connectivity index (χ1v) is 5.51. The molecule has 1 aliphatic heterocycles. The first-order chi connectivity index (χ1) is 6.63. The van der Waals surface area contributed by atoms with Crippen LogP contribution in [0, 0.1) is 6.92 Å². The summed E-state index contributed by atoms with van der Waals surface area (Å²) >= 11 is 0. The Hall–Kier alpha value is -0.980. The molecule has 1 aliphatic rings. The summed E-state index contributed by atoms with van der Waals surface area (Å²) in [7, 11) is 0. The van der Waals surface area contributed by atoms with Crippen LogP contribution in [-0.2, 0) is 6.42 Å². The van der Waals surface area contributed by atoms with E-state index in [0.717, 1.165) is 0 Å².